The molecule has 0 saturated heterocycles. The van der Waals surface area contributed by atoms with Crippen molar-refractivity contribution in [1.29, 1.82) is 0 Å². The van der Waals surface area contributed by atoms with E-state index in [2.05, 4.69) is 10.3 Å². The molecule has 124 valence electrons. The summed E-state index contributed by atoms with van der Waals surface area (Å²) in [5.74, 6) is -0.222. The van der Waals surface area contributed by atoms with E-state index in [1.54, 1.807) is 42.6 Å². The molecule has 8 nitrogen and oxygen atoms in total. The van der Waals surface area contributed by atoms with Gasteiger partial charge in [-0.2, -0.15) is 5.48 Å². The number of aromatic nitrogens is 1. The topological polar surface area (TPSA) is 104 Å². The lowest BCUT2D eigenvalue weighted by Crippen LogP contribution is -2.33. The molecular formula is C16H16N4O4. The van der Waals surface area contributed by atoms with Gasteiger partial charge in [-0.05, 0) is 18.2 Å². The summed E-state index contributed by atoms with van der Waals surface area (Å²) >= 11 is 0. The number of hydroxylamine groups is 1. The fraction of sp³-hybridized carbons (Fsp3) is 0.188. The molecule has 2 amide bonds. The second-order valence-electron chi connectivity index (χ2n) is 5.05. The van der Waals surface area contributed by atoms with E-state index in [0.29, 0.717) is 22.7 Å². The van der Waals surface area contributed by atoms with Crippen LogP contribution in [0.3, 0.4) is 0 Å². The lowest BCUT2D eigenvalue weighted by Gasteiger charge is -2.14. The van der Waals surface area contributed by atoms with Crippen molar-refractivity contribution in [2.24, 2.45) is 0 Å². The summed E-state index contributed by atoms with van der Waals surface area (Å²) in [4.78, 5) is 29.7. The van der Waals surface area contributed by atoms with E-state index < -0.39 is 0 Å². The Labute approximate surface area is 138 Å². The number of benzene rings is 1. The van der Waals surface area contributed by atoms with E-state index in [1.165, 1.54) is 4.90 Å². The van der Waals surface area contributed by atoms with Crippen molar-refractivity contribution in [2.45, 2.75) is 0 Å². The molecule has 2 heterocycles. The summed E-state index contributed by atoms with van der Waals surface area (Å²) in [7, 11) is 0. The van der Waals surface area contributed by atoms with Crippen LogP contribution in [0.15, 0.2) is 42.6 Å². The molecule has 0 fully saturated rings. The standard InChI is InChI=1S/C16H16N4O4/c21-15-12-3-1-2-4-13(12)16(22)20(15)7-8-24-14-6-5-11(9-17-14)18-10-19-23/h1-6,9,18-19,23H,7-8,10H2. The van der Waals surface area contributed by atoms with Crippen LogP contribution in [-0.2, 0) is 0 Å². The van der Waals surface area contributed by atoms with Crippen LogP contribution < -0.4 is 15.5 Å². The zero-order valence-corrected chi connectivity index (χ0v) is 12.7. The average molecular weight is 328 g/mol. The second kappa shape index (κ2) is 7.07. The lowest BCUT2D eigenvalue weighted by molar-refractivity contribution is 0.0630. The summed E-state index contributed by atoms with van der Waals surface area (Å²) in [6.07, 6.45) is 1.55. The third-order valence-electron chi connectivity index (χ3n) is 3.55. The zero-order chi connectivity index (χ0) is 16.9. The minimum Gasteiger partial charge on any atom is -0.476 e. The number of rotatable bonds is 7. The highest BCUT2D eigenvalue weighted by atomic mass is 16.5. The Kier molecular flexibility index (Phi) is 4.69. The van der Waals surface area contributed by atoms with Crippen LogP contribution in [0.4, 0.5) is 5.69 Å². The van der Waals surface area contributed by atoms with Gasteiger partial charge in [0.1, 0.15) is 6.61 Å². The number of hydrogen-bond acceptors (Lipinski definition) is 7. The monoisotopic (exact) mass is 328 g/mol. The van der Waals surface area contributed by atoms with Gasteiger partial charge in [0.2, 0.25) is 5.88 Å². The number of nitrogens with zero attached hydrogens (tertiary/aromatic N) is 2. The van der Waals surface area contributed by atoms with Gasteiger partial charge in [-0.25, -0.2) is 4.98 Å². The number of ether oxygens (including phenoxy) is 1. The molecule has 8 heteroatoms. The van der Waals surface area contributed by atoms with Crippen LogP contribution in [0.2, 0.25) is 0 Å². The van der Waals surface area contributed by atoms with Crippen LogP contribution in [-0.4, -0.2) is 46.7 Å². The number of nitrogens with one attached hydrogen (secondary N) is 2. The number of hydrogen-bond donors (Lipinski definition) is 3. The van der Waals surface area contributed by atoms with Crippen molar-refractivity contribution in [3.05, 3.63) is 53.7 Å². The van der Waals surface area contributed by atoms with Crippen molar-refractivity contribution in [1.82, 2.24) is 15.4 Å². The number of fused-ring (bicyclic) bond motifs is 1. The summed E-state index contributed by atoms with van der Waals surface area (Å²) in [5, 5.41) is 11.4. The molecule has 1 aliphatic heterocycles. The largest absolute Gasteiger partial charge is 0.476 e. The highest BCUT2D eigenvalue weighted by molar-refractivity contribution is 6.21. The van der Waals surface area contributed by atoms with Crippen molar-refractivity contribution >= 4 is 17.5 Å². The fourth-order valence-electron chi connectivity index (χ4n) is 2.40. The predicted molar refractivity (Wildman–Crippen MR) is 85.0 cm³/mol. The normalized spacial score (nSPS) is 13.1. The fourth-order valence-corrected chi connectivity index (χ4v) is 2.40. The molecule has 0 saturated carbocycles. The van der Waals surface area contributed by atoms with Gasteiger partial charge in [0.05, 0.1) is 36.2 Å². The van der Waals surface area contributed by atoms with Gasteiger partial charge < -0.3 is 15.3 Å². The summed E-state index contributed by atoms with van der Waals surface area (Å²) < 4.78 is 5.47. The van der Waals surface area contributed by atoms with Crippen LogP contribution in [0.25, 0.3) is 0 Å². The second-order valence-corrected chi connectivity index (χ2v) is 5.05. The van der Waals surface area contributed by atoms with Crippen molar-refractivity contribution < 1.29 is 19.5 Å². The first-order chi connectivity index (χ1) is 11.7. The first-order valence-corrected chi connectivity index (χ1v) is 7.35. The maximum absolute atomic E-state index is 12.2. The Hall–Kier alpha value is -2.97. The van der Waals surface area contributed by atoms with Gasteiger partial charge in [-0.15, -0.1) is 0 Å². The van der Waals surface area contributed by atoms with Gasteiger partial charge in [0, 0.05) is 6.07 Å². The quantitative estimate of drug-likeness (QED) is 0.397. The number of carbonyl (C=O) groups is 2. The molecule has 1 aromatic carbocycles. The Morgan fingerprint density at radius 3 is 2.38 bits per heavy atom. The average Bonchev–Trinajstić information content (AvgIpc) is 2.86. The van der Waals surface area contributed by atoms with Crippen LogP contribution in [0.1, 0.15) is 20.7 Å². The summed E-state index contributed by atoms with van der Waals surface area (Å²) in [6.45, 7) is 0.507. The smallest absolute Gasteiger partial charge is 0.261 e. The first kappa shape index (κ1) is 15.9. The van der Waals surface area contributed by atoms with Gasteiger partial charge in [0.15, 0.2) is 0 Å². The van der Waals surface area contributed by atoms with E-state index in [1.807, 2.05) is 5.48 Å². The highest BCUT2D eigenvalue weighted by Crippen LogP contribution is 2.22. The van der Waals surface area contributed by atoms with E-state index in [9.17, 15) is 9.59 Å². The van der Waals surface area contributed by atoms with Gasteiger partial charge in [0.25, 0.3) is 11.8 Å². The van der Waals surface area contributed by atoms with Crippen LogP contribution in [0, 0.1) is 0 Å². The minimum atomic E-state index is -0.303. The molecule has 0 aliphatic carbocycles. The molecule has 1 aromatic heterocycles. The van der Waals surface area contributed by atoms with Gasteiger partial charge in [-0.1, -0.05) is 12.1 Å². The third kappa shape index (κ3) is 3.19. The predicted octanol–water partition coefficient (Wildman–Crippen LogP) is 1.10. The summed E-state index contributed by atoms with van der Waals surface area (Å²) in [5.41, 5.74) is 3.53. The Morgan fingerprint density at radius 2 is 1.79 bits per heavy atom. The molecule has 2 aromatic rings. The number of imide groups is 1. The molecule has 24 heavy (non-hydrogen) atoms. The Morgan fingerprint density at radius 1 is 1.08 bits per heavy atom. The minimum absolute atomic E-state index is 0.155. The van der Waals surface area contributed by atoms with Crippen molar-refractivity contribution in [2.75, 3.05) is 25.1 Å². The van der Waals surface area contributed by atoms with E-state index in [-0.39, 0.29) is 31.6 Å². The molecule has 0 radical (unpaired) electrons. The molecule has 3 rings (SSSR count). The summed E-state index contributed by atoms with van der Waals surface area (Å²) in [6, 6.07) is 10.1. The van der Waals surface area contributed by atoms with Crippen LogP contribution >= 0.6 is 0 Å². The number of anilines is 1. The van der Waals surface area contributed by atoms with Crippen LogP contribution in [0.5, 0.6) is 5.88 Å². The maximum Gasteiger partial charge on any atom is 0.261 e. The molecule has 0 bridgehead atoms. The molecule has 0 spiro atoms. The Balaban J connectivity index is 1.54. The molecule has 0 atom stereocenters. The molecule has 0 unspecified atom stereocenters. The third-order valence-corrected chi connectivity index (χ3v) is 3.55. The molecule has 1 aliphatic rings. The lowest BCUT2D eigenvalue weighted by atomic mass is 10.1. The highest BCUT2D eigenvalue weighted by Gasteiger charge is 2.34. The number of carbonyl (C=O) groups excluding carboxylic acids is 2. The Bertz CT molecular complexity index is 713. The van der Waals surface area contributed by atoms with Gasteiger partial charge in [-0.3, -0.25) is 14.5 Å². The SMILES string of the molecule is O=C1c2ccccc2C(=O)N1CCOc1ccc(NCNO)cn1. The number of pyridine rings is 1. The van der Waals surface area contributed by atoms with Crippen molar-refractivity contribution in [3.63, 3.8) is 0 Å². The first-order valence-electron chi connectivity index (χ1n) is 7.35. The van der Waals surface area contributed by atoms with E-state index >= 15 is 0 Å². The molecule has 3 N–H and O–H groups in total. The molecular weight excluding hydrogens is 312 g/mol. The number of amides is 2. The zero-order valence-electron chi connectivity index (χ0n) is 12.7. The van der Waals surface area contributed by atoms with E-state index in [4.69, 9.17) is 9.94 Å². The van der Waals surface area contributed by atoms with Gasteiger partial charge >= 0.3 is 0 Å². The maximum atomic E-state index is 12.2. The van der Waals surface area contributed by atoms with Crippen molar-refractivity contribution in [3.8, 4) is 5.88 Å². The van der Waals surface area contributed by atoms with E-state index in [0.717, 1.165) is 0 Å².